The van der Waals surface area contributed by atoms with Crippen LogP contribution in [-0.4, -0.2) is 60.5 Å². The summed E-state index contributed by atoms with van der Waals surface area (Å²) in [5, 5.41) is 2.88. The fraction of sp³-hybridized carbons (Fsp3) is 0.643. The third-order valence-electron chi connectivity index (χ3n) is 3.38. The molecule has 1 saturated heterocycles. The minimum Gasteiger partial charge on any atom is -0.354 e. The van der Waals surface area contributed by atoms with Gasteiger partial charge in [0.05, 0.1) is 0 Å². The lowest BCUT2D eigenvalue weighted by molar-refractivity contribution is 0.0944. The second-order valence-corrected chi connectivity index (χ2v) is 5.66. The van der Waals surface area contributed by atoms with Crippen molar-refractivity contribution in [3.05, 3.63) is 18.1 Å². The van der Waals surface area contributed by atoms with Gasteiger partial charge in [-0.15, -0.1) is 0 Å². The largest absolute Gasteiger partial charge is 0.354 e. The Morgan fingerprint density at radius 1 is 1.30 bits per heavy atom. The Labute approximate surface area is 120 Å². The maximum absolute atomic E-state index is 12.0. The van der Waals surface area contributed by atoms with Gasteiger partial charge in [0.25, 0.3) is 5.91 Å². The Balaban J connectivity index is 2.02. The first kappa shape index (κ1) is 14.7. The van der Waals surface area contributed by atoms with Gasteiger partial charge < -0.3 is 15.1 Å². The van der Waals surface area contributed by atoms with Gasteiger partial charge in [0.1, 0.15) is 17.8 Å². The summed E-state index contributed by atoms with van der Waals surface area (Å²) < 4.78 is 0. The van der Waals surface area contributed by atoms with Crippen molar-refractivity contribution in [1.29, 1.82) is 0 Å². The number of piperazine rings is 1. The van der Waals surface area contributed by atoms with E-state index in [0.717, 1.165) is 32.0 Å². The number of anilines is 1. The van der Waals surface area contributed by atoms with Crippen LogP contribution in [0.4, 0.5) is 5.82 Å². The van der Waals surface area contributed by atoms with E-state index in [1.165, 1.54) is 6.33 Å². The number of nitrogens with one attached hydrogen (secondary N) is 1. The highest BCUT2D eigenvalue weighted by atomic mass is 16.1. The van der Waals surface area contributed by atoms with Crippen LogP contribution in [0.25, 0.3) is 0 Å². The summed E-state index contributed by atoms with van der Waals surface area (Å²) in [4.78, 5) is 24.8. The highest BCUT2D eigenvalue weighted by Gasteiger charge is 2.17. The summed E-state index contributed by atoms with van der Waals surface area (Å²) in [5.41, 5.74) is 0.439. The van der Waals surface area contributed by atoms with E-state index in [9.17, 15) is 4.79 Å². The molecule has 1 aliphatic heterocycles. The van der Waals surface area contributed by atoms with E-state index >= 15 is 0 Å². The van der Waals surface area contributed by atoms with Crippen molar-refractivity contribution in [2.45, 2.75) is 13.8 Å². The molecule has 6 nitrogen and oxygen atoms in total. The number of likely N-dealkylation sites (N-methyl/N-ethyl adjacent to an activating group) is 1. The molecule has 0 atom stereocenters. The summed E-state index contributed by atoms with van der Waals surface area (Å²) in [6.45, 7) is 8.68. The Morgan fingerprint density at radius 2 is 2.00 bits per heavy atom. The zero-order valence-electron chi connectivity index (χ0n) is 12.5. The van der Waals surface area contributed by atoms with E-state index in [4.69, 9.17) is 0 Å². The Hall–Kier alpha value is -1.69. The van der Waals surface area contributed by atoms with Crippen LogP contribution in [0, 0.1) is 5.92 Å². The highest BCUT2D eigenvalue weighted by molar-refractivity contribution is 5.92. The molecule has 1 N–H and O–H groups in total. The van der Waals surface area contributed by atoms with E-state index in [1.807, 2.05) is 0 Å². The first-order valence-corrected chi connectivity index (χ1v) is 7.10. The molecule has 1 fully saturated rings. The second-order valence-electron chi connectivity index (χ2n) is 5.66. The second kappa shape index (κ2) is 6.65. The number of aromatic nitrogens is 2. The van der Waals surface area contributed by atoms with Crippen molar-refractivity contribution >= 4 is 11.7 Å². The average Bonchev–Trinajstić information content (AvgIpc) is 2.45. The normalized spacial score (nSPS) is 16.5. The van der Waals surface area contributed by atoms with Crippen molar-refractivity contribution in [2.75, 3.05) is 44.7 Å². The zero-order chi connectivity index (χ0) is 14.5. The minimum absolute atomic E-state index is 0.128. The van der Waals surface area contributed by atoms with Crippen LogP contribution in [0.3, 0.4) is 0 Å². The highest BCUT2D eigenvalue weighted by Crippen LogP contribution is 2.13. The predicted molar refractivity (Wildman–Crippen MR) is 78.9 cm³/mol. The van der Waals surface area contributed by atoms with E-state index in [0.29, 0.717) is 18.2 Å². The molecule has 6 heteroatoms. The Morgan fingerprint density at radius 3 is 2.65 bits per heavy atom. The van der Waals surface area contributed by atoms with Crippen molar-refractivity contribution < 1.29 is 4.79 Å². The molecule has 0 unspecified atom stereocenters. The van der Waals surface area contributed by atoms with Crippen LogP contribution in [0.2, 0.25) is 0 Å². The molecule has 1 aromatic rings. The third kappa shape index (κ3) is 3.90. The summed E-state index contributed by atoms with van der Waals surface area (Å²) in [6, 6.07) is 1.78. The van der Waals surface area contributed by atoms with Gasteiger partial charge in [-0.25, -0.2) is 9.97 Å². The number of hydrogen-bond donors (Lipinski definition) is 1. The molecule has 0 radical (unpaired) electrons. The van der Waals surface area contributed by atoms with Crippen LogP contribution in [0.1, 0.15) is 24.3 Å². The lowest BCUT2D eigenvalue weighted by Gasteiger charge is -2.33. The van der Waals surface area contributed by atoms with Crippen molar-refractivity contribution in [3.8, 4) is 0 Å². The number of nitrogens with zero attached hydrogens (tertiary/aromatic N) is 4. The zero-order valence-corrected chi connectivity index (χ0v) is 12.5. The first-order chi connectivity index (χ1) is 9.56. The lowest BCUT2D eigenvalue weighted by atomic mass is 10.2. The molecule has 110 valence electrons. The molecule has 1 aromatic heterocycles. The van der Waals surface area contributed by atoms with Gasteiger partial charge in [0, 0.05) is 38.8 Å². The van der Waals surface area contributed by atoms with Crippen LogP contribution in [-0.2, 0) is 0 Å². The summed E-state index contributed by atoms with van der Waals surface area (Å²) in [6.07, 6.45) is 1.47. The van der Waals surface area contributed by atoms with E-state index in [1.54, 1.807) is 6.07 Å². The van der Waals surface area contributed by atoms with Crippen molar-refractivity contribution in [2.24, 2.45) is 5.92 Å². The Kier molecular flexibility index (Phi) is 4.89. The molecule has 1 amide bonds. The van der Waals surface area contributed by atoms with E-state index in [-0.39, 0.29) is 5.91 Å². The standard InChI is InChI=1S/C14H23N5O/c1-11(2)9-15-14(20)12-8-13(17-10-16-12)19-6-4-18(3)5-7-19/h8,10-11H,4-7,9H2,1-3H3,(H,15,20). The molecule has 2 heterocycles. The molecule has 1 aliphatic rings. The number of carbonyl (C=O) groups excluding carboxylic acids is 1. The van der Waals surface area contributed by atoms with Crippen LogP contribution in [0.15, 0.2) is 12.4 Å². The topological polar surface area (TPSA) is 61.4 Å². The fourth-order valence-electron chi connectivity index (χ4n) is 2.07. The molecular formula is C14H23N5O. The van der Waals surface area contributed by atoms with Gasteiger partial charge in [-0.3, -0.25) is 4.79 Å². The van der Waals surface area contributed by atoms with Crippen LogP contribution >= 0.6 is 0 Å². The van der Waals surface area contributed by atoms with Gasteiger partial charge >= 0.3 is 0 Å². The van der Waals surface area contributed by atoms with Gasteiger partial charge in [0.15, 0.2) is 0 Å². The smallest absolute Gasteiger partial charge is 0.270 e. The number of amides is 1. The molecule has 0 saturated carbocycles. The summed E-state index contributed by atoms with van der Waals surface area (Å²) in [7, 11) is 2.11. The molecule has 2 rings (SSSR count). The molecular weight excluding hydrogens is 254 g/mol. The van der Waals surface area contributed by atoms with Gasteiger partial charge in [0.2, 0.25) is 0 Å². The lowest BCUT2D eigenvalue weighted by Crippen LogP contribution is -2.45. The fourth-order valence-corrected chi connectivity index (χ4v) is 2.07. The van der Waals surface area contributed by atoms with E-state index < -0.39 is 0 Å². The molecule has 0 bridgehead atoms. The number of rotatable bonds is 4. The average molecular weight is 277 g/mol. The van der Waals surface area contributed by atoms with Crippen molar-refractivity contribution in [3.63, 3.8) is 0 Å². The quantitative estimate of drug-likeness (QED) is 0.874. The van der Waals surface area contributed by atoms with E-state index in [2.05, 4.69) is 46.0 Å². The maximum Gasteiger partial charge on any atom is 0.270 e. The predicted octanol–water partition coefficient (Wildman–Crippen LogP) is 0.614. The molecule has 0 aliphatic carbocycles. The number of carbonyl (C=O) groups is 1. The first-order valence-electron chi connectivity index (χ1n) is 7.10. The van der Waals surface area contributed by atoms with Gasteiger partial charge in [-0.2, -0.15) is 0 Å². The molecule has 20 heavy (non-hydrogen) atoms. The van der Waals surface area contributed by atoms with Crippen molar-refractivity contribution in [1.82, 2.24) is 20.2 Å². The van der Waals surface area contributed by atoms with Gasteiger partial charge in [-0.05, 0) is 13.0 Å². The minimum atomic E-state index is -0.128. The SMILES string of the molecule is CC(C)CNC(=O)c1cc(N2CCN(C)CC2)ncn1. The molecule has 0 spiro atoms. The maximum atomic E-state index is 12.0. The summed E-state index contributed by atoms with van der Waals surface area (Å²) in [5.74, 6) is 1.14. The monoisotopic (exact) mass is 277 g/mol. The molecule has 0 aromatic carbocycles. The Bertz CT molecular complexity index is 455. The number of hydrogen-bond acceptors (Lipinski definition) is 5. The third-order valence-corrected chi connectivity index (χ3v) is 3.38. The summed E-state index contributed by atoms with van der Waals surface area (Å²) >= 11 is 0. The van der Waals surface area contributed by atoms with Gasteiger partial charge in [-0.1, -0.05) is 13.8 Å². The van der Waals surface area contributed by atoms with Crippen LogP contribution < -0.4 is 10.2 Å². The van der Waals surface area contributed by atoms with Crippen LogP contribution in [0.5, 0.6) is 0 Å².